The largest absolute Gasteiger partial charge is 0.350 e. The summed E-state index contributed by atoms with van der Waals surface area (Å²) in [7, 11) is 2.08. The number of carbonyl (C=O) groups excluding carboxylic acids is 1. The molecule has 122 valence electrons. The first kappa shape index (κ1) is 17.3. The standard InChI is InChI=1S/C17H26ClN3O/c1-4-10-17(2,19)16(22)20-14-9-11-21(3)15(14)12-5-7-13(18)8-6-12/h5-8,14-15H,4,9-11,19H2,1-3H3,(H,20,22). The number of amides is 1. The number of nitrogens with one attached hydrogen (secondary N) is 1. The van der Waals surface area contributed by atoms with Crippen molar-refractivity contribution in [3.05, 3.63) is 34.9 Å². The summed E-state index contributed by atoms with van der Waals surface area (Å²) in [5.41, 5.74) is 6.51. The van der Waals surface area contributed by atoms with Gasteiger partial charge in [-0.1, -0.05) is 37.1 Å². The first-order valence-corrected chi connectivity index (χ1v) is 8.28. The van der Waals surface area contributed by atoms with Crippen molar-refractivity contribution in [3.63, 3.8) is 0 Å². The minimum Gasteiger partial charge on any atom is -0.350 e. The summed E-state index contributed by atoms with van der Waals surface area (Å²) in [5.74, 6) is -0.0615. The normalized spacial score (nSPS) is 25.0. The first-order valence-electron chi connectivity index (χ1n) is 7.90. The Labute approximate surface area is 138 Å². The van der Waals surface area contributed by atoms with Crippen molar-refractivity contribution in [2.45, 2.75) is 50.7 Å². The summed E-state index contributed by atoms with van der Waals surface area (Å²) < 4.78 is 0. The number of halogens is 1. The molecule has 3 atom stereocenters. The van der Waals surface area contributed by atoms with E-state index in [0.717, 1.165) is 24.4 Å². The minimum absolute atomic E-state index is 0.0615. The van der Waals surface area contributed by atoms with Crippen LogP contribution in [-0.4, -0.2) is 36.0 Å². The number of nitrogens with zero attached hydrogens (tertiary/aromatic N) is 1. The maximum atomic E-state index is 12.5. The lowest BCUT2D eigenvalue weighted by atomic mass is 9.94. The van der Waals surface area contributed by atoms with Gasteiger partial charge in [-0.25, -0.2) is 0 Å². The Morgan fingerprint density at radius 1 is 1.45 bits per heavy atom. The first-order chi connectivity index (χ1) is 10.3. The number of hydrogen-bond donors (Lipinski definition) is 2. The smallest absolute Gasteiger partial charge is 0.240 e. The van der Waals surface area contributed by atoms with E-state index in [-0.39, 0.29) is 18.0 Å². The highest BCUT2D eigenvalue weighted by molar-refractivity contribution is 6.30. The van der Waals surface area contributed by atoms with Gasteiger partial charge >= 0.3 is 0 Å². The third kappa shape index (κ3) is 3.80. The number of likely N-dealkylation sites (N-methyl/N-ethyl adjacent to an activating group) is 1. The highest BCUT2D eigenvalue weighted by atomic mass is 35.5. The second-order valence-corrected chi connectivity index (χ2v) is 6.95. The number of carbonyl (C=O) groups is 1. The second kappa shape index (κ2) is 6.99. The molecule has 3 unspecified atom stereocenters. The Balaban J connectivity index is 2.13. The summed E-state index contributed by atoms with van der Waals surface area (Å²) in [4.78, 5) is 14.7. The molecular weight excluding hydrogens is 298 g/mol. The minimum atomic E-state index is -0.805. The molecule has 0 aliphatic carbocycles. The van der Waals surface area contributed by atoms with E-state index in [2.05, 4.69) is 17.3 Å². The van der Waals surface area contributed by atoms with Crippen LogP contribution in [0, 0.1) is 0 Å². The zero-order valence-electron chi connectivity index (χ0n) is 13.6. The summed E-state index contributed by atoms with van der Waals surface area (Å²) in [5, 5.41) is 3.88. The van der Waals surface area contributed by atoms with Crippen LogP contribution in [0.1, 0.15) is 44.7 Å². The number of nitrogens with two attached hydrogens (primary N) is 1. The van der Waals surface area contributed by atoms with Crippen LogP contribution in [0.15, 0.2) is 24.3 Å². The number of benzene rings is 1. The maximum Gasteiger partial charge on any atom is 0.240 e. The Kier molecular flexibility index (Phi) is 5.48. The predicted octanol–water partition coefficient (Wildman–Crippen LogP) is 2.72. The van der Waals surface area contributed by atoms with Gasteiger partial charge in [0.1, 0.15) is 0 Å². The van der Waals surface area contributed by atoms with Crippen LogP contribution in [0.4, 0.5) is 0 Å². The van der Waals surface area contributed by atoms with Gasteiger partial charge in [-0.2, -0.15) is 0 Å². The van der Waals surface area contributed by atoms with Gasteiger partial charge in [-0.3, -0.25) is 9.69 Å². The highest BCUT2D eigenvalue weighted by Crippen LogP contribution is 2.32. The van der Waals surface area contributed by atoms with E-state index in [1.54, 1.807) is 0 Å². The summed E-state index contributed by atoms with van der Waals surface area (Å²) >= 11 is 5.97. The molecule has 1 fully saturated rings. The Bertz CT molecular complexity index is 515. The van der Waals surface area contributed by atoms with E-state index >= 15 is 0 Å². The van der Waals surface area contributed by atoms with Crippen LogP contribution in [-0.2, 0) is 4.79 Å². The molecule has 5 heteroatoms. The molecule has 22 heavy (non-hydrogen) atoms. The van der Waals surface area contributed by atoms with Crippen LogP contribution >= 0.6 is 11.6 Å². The lowest BCUT2D eigenvalue weighted by Gasteiger charge is -2.30. The molecule has 1 heterocycles. The number of likely N-dealkylation sites (tertiary alicyclic amines) is 1. The lowest BCUT2D eigenvalue weighted by molar-refractivity contribution is -0.127. The Morgan fingerprint density at radius 2 is 2.09 bits per heavy atom. The van der Waals surface area contributed by atoms with Gasteiger partial charge < -0.3 is 11.1 Å². The molecule has 0 aromatic heterocycles. The fourth-order valence-corrected chi connectivity index (χ4v) is 3.34. The average Bonchev–Trinajstić information content (AvgIpc) is 2.81. The molecule has 1 aliphatic heterocycles. The van der Waals surface area contributed by atoms with Crippen molar-refractivity contribution in [1.82, 2.24) is 10.2 Å². The third-order valence-corrected chi connectivity index (χ3v) is 4.72. The molecule has 0 bridgehead atoms. The van der Waals surface area contributed by atoms with Gasteiger partial charge in [0, 0.05) is 17.6 Å². The van der Waals surface area contributed by atoms with E-state index in [1.165, 1.54) is 5.56 Å². The van der Waals surface area contributed by atoms with Crippen LogP contribution in [0.25, 0.3) is 0 Å². The van der Waals surface area contributed by atoms with Crippen LogP contribution < -0.4 is 11.1 Å². The van der Waals surface area contributed by atoms with Gasteiger partial charge in [0.25, 0.3) is 0 Å². The fourth-order valence-electron chi connectivity index (χ4n) is 3.21. The Hall–Kier alpha value is -1.10. The summed E-state index contributed by atoms with van der Waals surface area (Å²) in [6.45, 7) is 4.80. The van der Waals surface area contributed by atoms with E-state index in [9.17, 15) is 4.79 Å². The molecule has 1 amide bonds. The molecule has 1 aromatic rings. The van der Waals surface area contributed by atoms with E-state index < -0.39 is 5.54 Å². The molecule has 4 nitrogen and oxygen atoms in total. The SMILES string of the molecule is CCCC(C)(N)C(=O)NC1CCN(C)C1c1ccc(Cl)cc1. The van der Waals surface area contributed by atoms with Crippen molar-refractivity contribution < 1.29 is 4.79 Å². The monoisotopic (exact) mass is 323 g/mol. The van der Waals surface area contributed by atoms with E-state index in [0.29, 0.717) is 6.42 Å². The van der Waals surface area contributed by atoms with E-state index in [4.69, 9.17) is 17.3 Å². The van der Waals surface area contributed by atoms with Gasteiger partial charge in [-0.05, 0) is 44.5 Å². The van der Waals surface area contributed by atoms with Crippen molar-refractivity contribution in [1.29, 1.82) is 0 Å². The zero-order chi connectivity index (χ0) is 16.3. The van der Waals surface area contributed by atoms with E-state index in [1.807, 2.05) is 38.1 Å². The Morgan fingerprint density at radius 3 is 2.68 bits per heavy atom. The average molecular weight is 324 g/mol. The molecule has 2 rings (SSSR count). The van der Waals surface area contributed by atoms with Crippen molar-refractivity contribution in [3.8, 4) is 0 Å². The van der Waals surface area contributed by atoms with Gasteiger partial charge in [0.05, 0.1) is 11.6 Å². The molecular formula is C17H26ClN3O. The lowest BCUT2D eigenvalue weighted by Crippen LogP contribution is -2.54. The second-order valence-electron chi connectivity index (χ2n) is 6.51. The highest BCUT2D eigenvalue weighted by Gasteiger charge is 2.37. The van der Waals surface area contributed by atoms with Gasteiger partial charge in [-0.15, -0.1) is 0 Å². The molecule has 1 saturated heterocycles. The molecule has 1 aliphatic rings. The predicted molar refractivity (Wildman–Crippen MR) is 90.9 cm³/mol. The molecule has 3 N–H and O–H groups in total. The molecule has 0 spiro atoms. The molecule has 0 radical (unpaired) electrons. The van der Waals surface area contributed by atoms with Crippen LogP contribution in [0.3, 0.4) is 0 Å². The molecule has 1 aromatic carbocycles. The van der Waals surface area contributed by atoms with Crippen molar-refractivity contribution in [2.24, 2.45) is 5.73 Å². The van der Waals surface area contributed by atoms with Gasteiger partial charge in [0.2, 0.25) is 5.91 Å². The van der Waals surface area contributed by atoms with Crippen molar-refractivity contribution in [2.75, 3.05) is 13.6 Å². The summed E-state index contributed by atoms with van der Waals surface area (Å²) in [6, 6.07) is 8.10. The topological polar surface area (TPSA) is 58.4 Å². The number of rotatable bonds is 5. The van der Waals surface area contributed by atoms with Crippen molar-refractivity contribution >= 4 is 17.5 Å². The van der Waals surface area contributed by atoms with Crippen LogP contribution in [0.2, 0.25) is 5.02 Å². The maximum absolute atomic E-state index is 12.5. The quantitative estimate of drug-likeness (QED) is 0.876. The third-order valence-electron chi connectivity index (χ3n) is 4.46. The fraction of sp³-hybridized carbons (Fsp3) is 0.588. The zero-order valence-corrected chi connectivity index (χ0v) is 14.4. The van der Waals surface area contributed by atoms with Gasteiger partial charge in [0.15, 0.2) is 0 Å². The molecule has 0 saturated carbocycles. The summed E-state index contributed by atoms with van der Waals surface area (Å²) in [6.07, 6.45) is 2.51. The van der Waals surface area contributed by atoms with Crippen LogP contribution in [0.5, 0.6) is 0 Å². The number of hydrogen-bond acceptors (Lipinski definition) is 3.